The van der Waals surface area contributed by atoms with Crippen molar-refractivity contribution >= 4 is 51.7 Å². The molecule has 2 aliphatic heterocycles. The number of aryl methyl sites for hydroxylation is 1. The molecule has 2 aromatic carbocycles. The Labute approximate surface area is 190 Å². The van der Waals surface area contributed by atoms with Crippen LogP contribution in [0.15, 0.2) is 70.3 Å². The number of carbonyl (C=O) groups is 2. The molecule has 1 atom stereocenters. The second kappa shape index (κ2) is 8.43. The number of thioether (sulfide) groups is 2. The fraction of sp³-hybridized carbons (Fsp3) is 0.261. The first-order valence-electron chi connectivity index (χ1n) is 9.95. The first-order chi connectivity index (χ1) is 14.9. The molecule has 31 heavy (non-hydrogen) atoms. The lowest BCUT2D eigenvalue weighted by atomic mass is 10.2. The van der Waals surface area contributed by atoms with E-state index >= 15 is 0 Å². The molecule has 0 N–H and O–H groups in total. The number of hydrogen-bond donors (Lipinski definition) is 0. The molecule has 0 amide bonds. The lowest BCUT2D eigenvalue weighted by molar-refractivity contribution is -0.137. The van der Waals surface area contributed by atoms with E-state index in [1.807, 2.05) is 73.5 Å². The van der Waals surface area contributed by atoms with Crippen LogP contribution >= 0.6 is 23.5 Å². The van der Waals surface area contributed by atoms with Gasteiger partial charge in [-0.05, 0) is 56.3 Å². The summed E-state index contributed by atoms with van der Waals surface area (Å²) in [5, 5.41) is 6.98. The van der Waals surface area contributed by atoms with Crippen molar-refractivity contribution in [1.82, 2.24) is 0 Å². The number of anilines is 2. The molecule has 0 radical (unpaired) electrons. The van der Waals surface area contributed by atoms with Crippen molar-refractivity contribution in [1.29, 1.82) is 0 Å². The van der Waals surface area contributed by atoms with Gasteiger partial charge >= 0.3 is 5.97 Å². The van der Waals surface area contributed by atoms with Gasteiger partial charge in [0.1, 0.15) is 4.91 Å². The second-order valence-corrected chi connectivity index (χ2v) is 9.72. The maximum Gasteiger partial charge on any atom is 0.346 e. The van der Waals surface area contributed by atoms with Gasteiger partial charge in [-0.2, -0.15) is 5.10 Å². The third-order valence-electron chi connectivity index (χ3n) is 4.99. The van der Waals surface area contributed by atoms with Crippen LogP contribution in [-0.2, 0) is 14.3 Å². The van der Waals surface area contributed by atoms with Crippen LogP contribution in [0.25, 0.3) is 0 Å². The Bertz CT molecular complexity index is 1100. The van der Waals surface area contributed by atoms with E-state index in [1.165, 1.54) is 30.4 Å². The van der Waals surface area contributed by atoms with Gasteiger partial charge in [-0.1, -0.05) is 48.2 Å². The molecular weight excluding hydrogens is 430 g/mol. The van der Waals surface area contributed by atoms with Crippen molar-refractivity contribution in [2.75, 3.05) is 16.5 Å². The smallest absolute Gasteiger partial charge is 0.346 e. The molecule has 6 nitrogen and oxygen atoms in total. The molecule has 8 heteroatoms. The number of rotatable bonds is 5. The van der Waals surface area contributed by atoms with Crippen LogP contribution in [0, 0.1) is 6.92 Å². The van der Waals surface area contributed by atoms with Crippen LogP contribution < -0.4 is 9.91 Å². The maximum absolute atomic E-state index is 12.8. The van der Waals surface area contributed by atoms with E-state index < -0.39 is 4.33 Å². The molecule has 160 valence electrons. The molecule has 2 aromatic rings. The quantitative estimate of drug-likeness (QED) is 0.583. The van der Waals surface area contributed by atoms with Crippen molar-refractivity contribution in [2.45, 2.75) is 32.0 Å². The number of ketones is 1. The summed E-state index contributed by atoms with van der Waals surface area (Å²) in [6.07, 6.45) is 0. The number of hydrogen-bond acceptors (Lipinski definition) is 8. The molecule has 0 aromatic heterocycles. The minimum absolute atomic E-state index is 0.115. The number of allylic oxidation sites excluding steroid dienone is 1. The van der Waals surface area contributed by atoms with Crippen LogP contribution in [0.2, 0.25) is 0 Å². The van der Waals surface area contributed by atoms with Crippen LogP contribution in [0.1, 0.15) is 26.3 Å². The van der Waals surface area contributed by atoms with Crippen LogP contribution in [0.5, 0.6) is 0 Å². The minimum Gasteiger partial charge on any atom is -0.462 e. The Balaban J connectivity index is 1.92. The highest BCUT2D eigenvalue weighted by atomic mass is 32.2. The third kappa shape index (κ3) is 3.64. The molecule has 1 spiro atoms. The summed E-state index contributed by atoms with van der Waals surface area (Å²) in [6, 6.07) is 17.7. The van der Waals surface area contributed by atoms with Gasteiger partial charge in [-0.15, -0.1) is 0 Å². The van der Waals surface area contributed by atoms with Gasteiger partial charge in [0.15, 0.2) is 10.8 Å². The molecule has 0 bridgehead atoms. The van der Waals surface area contributed by atoms with Gasteiger partial charge in [0.05, 0.1) is 12.3 Å². The fourth-order valence-corrected chi connectivity index (χ4v) is 6.52. The number of hydrazone groups is 1. The van der Waals surface area contributed by atoms with Gasteiger partial charge < -0.3 is 9.64 Å². The van der Waals surface area contributed by atoms with Gasteiger partial charge in [0.25, 0.3) is 0 Å². The van der Waals surface area contributed by atoms with E-state index in [2.05, 4.69) is 4.90 Å². The Morgan fingerprint density at radius 1 is 1.03 bits per heavy atom. The highest BCUT2D eigenvalue weighted by molar-refractivity contribution is 8.29. The predicted octanol–water partition coefficient (Wildman–Crippen LogP) is 5.11. The van der Waals surface area contributed by atoms with E-state index in [-0.39, 0.29) is 11.8 Å². The van der Waals surface area contributed by atoms with Crippen LogP contribution in [0.3, 0.4) is 0 Å². The molecule has 2 aliphatic rings. The third-order valence-corrected chi connectivity index (χ3v) is 7.96. The molecule has 0 aliphatic carbocycles. The zero-order valence-electron chi connectivity index (χ0n) is 17.8. The number of benzene rings is 2. The number of esters is 1. The van der Waals surface area contributed by atoms with Crippen molar-refractivity contribution < 1.29 is 14.3 Å². The second-order valence-electron chi connectivity index (χ2n) is 7.12. The molecule has 4 rings (SSSR count). The largest absolute Gasteiger partial charge is 0.462 e. The Kier molecular flexibility index (Phi) is 5.85. The van der Waals surface area contributed by atoms with Gasteiger partial charge in [0, 0.05) is 18.3 Å². The van der Waals surface area contributed by atoms with E-state index in [4.69, 9.17) is 9.84 Å². The zero-order chi connectivity index (χ0) is 22.2. The van der Waals surface area contributed by atoms with Crippen LogP contribution in [-0.4, -0.2) is 27.7 Å². The molecular formula is C23H23N3O3S2. The van der Waals surface area contributed by atoms with Crippen molar-refractivity contribution in [3.8, 4) is 0 Å². The fourth-order valence-electron chi connectivity index (χ4n) is 3.58. The molecule has 0 unspecified atom stereocenters. The highest BCUT2D eigenvalue weighted by Gasteiger charge is 2.58. The molecule has 0 saturated carbocycles. The summed E-state index contributed by atoms with van der Waals surface area (Å²) in [6.45, 7) is 7.51. The van der Waals surface area contributed by atoms with Gasteiger partial charge in [-0.25, -0.2) is 9.80 Å². The first kappa shape index (κ1) is 21.5. The van der Waals surface area contributed by atoms with E-state index in [1.54, 1.807) is 6.92 Å². The summed E-state index contributed by atoms with van der Waals surface area (Å²) >= 11 is 2.72. The summed E-state index contributed by atoms with van der Waals surface area (Å²) in [7, 11) is 0. The SMILES string of the molecule is CCOC(=O)C1=C(C)N(c2ccccc2)[C@]2(SC(C(C)=O)=NN2c2ccccc2C)S1. The Hall–Kier alpha value is -2.71. The Morgan fingerprint density at radius 2 is 1.71 bits per heavy atom. The highest BCUT2D eigenvalue weighted by Crippen LogP contribution is 2.60. The topological polar surface area (TPSA) is 62.2 Å². The van der Waals surface area contributed by atoms with E-state index in [9.17, 15) is 9.59 Å². The molecule has 2 heterocycles. The number of nitrogens with zero attached hydrogens (tertiary/aromatic N) is 3. The van der Waals surface area contributed by atoms with Crippen molar-refractivity contribution in [3.63, 3.8) is 0 Å². The van der Waals surface area contributed by atoms with Crippen molar-refractivity contribution in [3.05, 3.63) is 70.8 Å². The average Bonchev–Trinajstić information content (AvgIpc) is 3.27. The van der Waals surface area contributed by atoms with Crippen LogP contribution in [0.4, 0.5) is 11.4 Å². The molecule has 0 saturated heterocycles. The standard InChI is InChI=1S/C23H23N3O3S2/c1-5-29-22(28)20-16(3)25(18-12-7-6-8-13-18)23(30-20)26(24-21(31-23)17(4)27)19-14-10-9-11-15(19)2/h6-14H,5H2,1-4H3/t23-/m1/s1. The number of para-hydroxylation sites is 2. The van der Waals surface area contributed by atoms with Gasteiger partial charge in [-0.3, -0.25) is 4.79 Å². The monoisotopic (exact) mass is 453 g/mol. The summed E-state index contributed by atoms with van der Waals surface area (Å²) in [5.74, 6) is -0.485. The summed E-state index contributed by atoms with van der Waals surface area (Å²) in [4.78, 5) is 27.8. The molecule has 0 fully saturated rings. The van der Waals surface area contributed by atoms with Gasteiger partial charge in [0.2, 0.25) is 4.33 Å². The predicted molar refractivity (Wildman–Crippen MR) is 128 cm³/mol. The van der Waals surface area contributed by atoms with E-state index in [0.29, 0.717) is 16.6 Å². The number of ether oxygens (including phenoxy) is 1. The average molecular weight is 454 g/mol. The lowest BCUT2D eigenvalue weighted by Gasteiger charge is -2.41. The lowest BCUT2D eigenvalue weighted by Crippen LogP contribution is -2.49. The van der Waals surface area contributed by atoms with Crippen molar-refractivity contribution in [2.24, 2.45) is 5.10 Å². The number of carbonyl (C=O) groups excluding carboxylic acids is 2. The van der Waals surface area contributed by atoms with E-state index in [0.717, 1.165) is 22.6 Å². The summed E-state index contributed by atoms with van der Waals surface area (Å²) in [5.41, 5.74) is 3.56. The zero-order valence-corrected chi connectivity index (χ0v) is 19.4. The first-order valence-corrected chi connectivity index (χ1v) is 11.6. The maximum atomic E-state index is 12.8. The minimum atomic E-state index is -0.902. The summed E-state index contributed by atoms with van der Waals surface area (Å²) < 4.78 is 4.44. The Morgan fingerprint density at radius 3 is 2.35 bits per heavy atom. The number of Topliss-reactive ketones (excluding diaryl/α,β-unsaturated/α-hetero) is 1. The normalized spacial score (nSPS) is 20.5.